The summed E-state index contributed by atoms with van der Waals surface area (Å²) in [5.41, 5.74) is 2.45. The van der Waals surface area contributed by atoms with Gasteiger partial charge >= 0.3 is 0 Å². The summed E-state index contributed by atoms with van der Waals surface area (Å²) in [6.07, 6.45) is 0.894. The van der Waals surface area contributed by atoms with Gasteiger partial charge in [-0.1, -0.05) is 40.2 Å². The van der Waals surface area contributed by atoms with Crippen LogP contribution in [0.25, 0.3) is 5.69 Å². The third kappa shape index (κ3) is 3.01. The van der Waals surface area contributed by atoms with E-state index in [1.165, 1.54) is 0 Å². The molecule has 0 unspecified atom stereocenters. The van der Waals surface area contributed by atoms with E-state index < -0.39 is 9.84 Å². The minimum Gasteiger partial charge on any atom is -0.217 e. The van der Waals surface area contributed by atoms with E-state index in [4.69, 9.17) is 0 Å². The highest BCUT2D eigenvalue weighted by atomic mass is 79.9. The van der Waals surface area contributed by atoms with Crippen LogP contribution in [0.1, 0.15) is 18.2 Å². The highest BCUT2D eigenvalue weighted by Gasteiger charge is 2.25. The monoisotopic (exact) mass is 405 g/mol. The van der Waals surface area contributed by atoms with E-state index in [1.54, 1.807) is 35.9 Å². The standard InChI is InChI=1S/C17H16BrN3O2S/c1-3-13-5-4-6-15(11-13)21-12(2)17(19-20-21)24(22,23)16-9-7-14(18)8-10-16/h4-11H,3H2,1-2H3. The summed E-state index contributed by atoms with van der Waals surface area (Å²) in [7, 11) is -3.70. The third-order valence-electron chi connectivity index (χ3n) is 3.79. The SMILES string of the molecule is CCc1cccc(-n2nnc(S(=O)(=O)c3ccc(Br)cc3)c2C)c1. The summed E-state index contributed by atoms with van der Waals surface area (Å²) >= 11 is 3.30. The molecule has 1 heterocycles. The third-order valence-corrected chi connectivity index (χ3v) is 6.10. The molecule has 124 valence electrons. The summed E-state index contributed by atoms with van der Waals surface area (Å²) in [4.78, 5) is 0.197. The average molecular weight is 406 g/mol. The Morgan fingerprint density at radius 1 is 1.12 bits per heavy atom. The van der Waals surface area contributed by atoms with Crippen molar-refractivity contribution in [2.24, 2.45) is 0 Å². The Morgan fingerprint density at radius 2 is 1.83 bits per heavy atom. The van der Waals surface area contributed by atoms with Crippen molar-refractivity contribution in [3.05, 3.63) is 64.3 Å². The van der Waals surface area contributed by atoms with E-state index in [1.807, 2.05) is 24.3 Å². The second-order valence-corrected chi connectivity index (χ2v) is 8.15. The lowest BCUT2D eigenvalue weighted by Crippen LogP contribution is -2.05. The first kappa shape index (κ1) is 16.9. The van der Waals surface area contributed by atoms with Crippen molar-refractivity contribution in [2.45, 2.75) is 30.2 Å². The Bertz CT molecular complexity index is 979. The van der Waals surface area contributed by atoms with Gasteiger partial charge in [-0.15, -0.1) is 5.10 Å². The topological polar surface area (TPSA) is 64.8 Å². The lowest BCUT2D eigenvalue weighted by molar-refractivity contribution is 0.591. The number of hydrogen-bond donors (Lipinski definition) is 0. The average Bonchev–Trinajstić information content (AvgIpc) is 2.97. The molecule has 2 aromatic carbocycles. The Balaban J connectivity index is 2.08. The molecule has 0 aliphatic heterocycles. The highest BCUT2D eigenvalue weighted by molar-refractivity contribution is 9.10. The predicted molar refractivity (Wildman–Crippen MR) is 95.1 cm³/mol. The first-order chi connectivity index (χ1) is 11.4. The molecule has 5 nitrogen and oxygen atoms in total. The van der Waals surface area contributed by atoms with Crippen LogP contribution in [0.15, 0.2) is 62.9 Å². The minimum absolute atomic E-state index is 0.0216. The highest BCUT2D eigenvalue weighted by Crippen LogP contribution is 2.24. The number of benzene rings is 2. The maximum atomic E-state index is 12.8. The maximum Gasteiger partial charge on any atom is 0.227 e. The van der Waals surface area contributed by atoms with E-state index in [2.05, 4.69) is 33.2 Å². The lowest BCUT2D eigenvalue weighted by atomic mass is 10.1. The van der Waals surface area contributed by atoms with Crippen molar-refractivity contribution in [3.63, 3.8) is 0 Å². The fraction of sp³-hybridized carbons (Fsp3) is 0.176. The van der Waals surface area contributed by atoms with Crippen molar-refractivity contribution in [1.82, 2.24) is 15.0 Å². The van der Waals surface area contributed by atoms with Gasteiger partial charge in [-0.3, -0.25) is 0 Å². The van der Waals surface area contributed by atoms with Gasteiger partial charge in [-0.05, 0) is 55.3 Å². The molecule has 1 aromatic heterocycles. The first-order valence-electron chi connectivity index (χ1n) is 7.45. The van der Waals surface area contributed by atoms with Crippen LogP contribution in [-0.4, -0.2) is 23.4 Å². The number of halogens is 1. The van der Waals surface area contributed by atoms with Crippen LogP contribution >= 0.6 is 15.9 Å². The first-order valence-corrected chi connectivity index (χ1v) is 9.73. The lowest BCUT2D eigenvalue weighted by Gasteiger charge is -2.06. The van der Waals surface area contributed by atoms with Crippen molar-refractivity contribution in [3.8, 4) is 5.69 Å². The summed E-state index contributed by atoms with van der Waals surface area (Å²) < 4.78 is 28.0. The number of sulfone groups is 1. The summed E-state index contributed by atoms with van der Waals surface area (Å²) in [6, 6.07) is 14.3. The van der Waals surface area contributed by atoms with E-state index in [-0.39, 0.29) is 9.92 Å². The maximum absolute atomic E-state index is 12.8. The van der Waals surface area contributed by atoms with Gasteiger partial charge in [0.05, 0.1) is 16.3 Å². The molecular formula is C17H16BrN3O2S. The van der Waals surface area contributed by atoms with Gasteiger partial charge in [0.15, 0.2) is 0 Å². The Hall–Kier alpha value is -1.99. The van der Waals surface area contributed by atoms with Crippen LogP contribution < -0.4 is 0 Å². The van der Waals surface area contributed by atoms with Gasteiger partial charge in [0.2, 0.25) is 14.9 Å². The molecule has 3 rings (SSSR count). The van der Waals surface area contributed by atoms with Crippen LogP contribution in [0.3, 0.4) is 0 Å². The number of hydrogen-bond acceptors (Lipinski definition) is 4. The minimum atomic E-state index is -3.70. The molecule has 7 heteroatoms. The Kier molecular flexibility index (Phi) is 4.56. The van der Waals surface area contributed by atoms with E-state index in [0.29, 0.717) is 5.69 Å². The van der Waals surface area contributed by atoms with Crippen LogP contribution in [0.5, 0.6) is 0 Å². The van der Waals surface area contributed by atoms with Gasteiger partial charge in [-0.25, -0.2) is 13.1 Å². The second-order valence-electron chi connectivity index (χ2n) is 5.37. The summed E-state index contributed by atoms with van der Waals surface area (Å²) in [5, 5.41) is 7.96. The number of rotatable bonds is 4. The van der Waals surface area contributed by atoms with Crippen molar-refractivity contribution in [2.75, 3.05) is 0 Å². The molecule has 0 spiro atoms. The molecule has 0 aliphatic rings. The molecule has 0 fully saturated rings. The molecule has 0 atom stereocenters. The van der Waals surface area contributed by atoms with Crippen LogP contribution in [-0.2, 0) is 16.3 Å². The van der Waals surface area contributed by atoms with Gasteiger partial charge in [0.25, 0.3) is 0 Å². The van der Waals surface area contributed by atoms with E-state index in [9.17, 15) is 8.42 Å². The number of aromatic nitrogens is 3. The Morgan fingerprint density at radius 3 is 2.50 bits per heavy atom. The van der Waals surface area contributed by atoms with Crippen molar-refractivity contribution < 1.29 is 8.42 Å². The Labute approximate surface area is 149 Å². The largest absolute Gasteiger partial charge is 0.227 e. The molecule has 0 saturated carbocycles. The molecule has 0 saturated heterocycles. The molecule has 3 aromatic rings. The quantitative estimate of drug-likeness (QED) is 0.662. The van der Waals surface area contributed by atoms with E-state index >= 15 is 0 Å². The van der Waals surface area contributed by atoms with Crippen LogP contribution in [0.4, 0.5) is 0 Å². The van der Waals surface area contributed by atoms with E-state index in [0.717, 1.165) is 22.1 Å². The summed E-state index contributed by atoms with van der Waals surface area (Å²) in [6.45, 7) is 3.78. The van der Waals surface area contributed by atoms with Gasteiger partial charge in [0.1, 0.15) is 0 Å². The molecule has 24 heavy (non-hydrogen) atoms. The van der Waals surface area contributed by atoms with Gasteiger partial charge < -0.3 is 0 Å². The molecule has 0 N–H and O–H groups in total. The van der Waals surface area contributed by atoms with Crippen LogP contribution in [0.2, 0.25) is 0 Å². The molecule has 0 bridgehead atoms. The van der Waals surface area contributed by atoms with Crippen molar-refractivity contribution >= 4 is 25.8 Å². The second kappa shape index (κ2) is 6.49. The fourth-order valence-corrected chi connectivity index (χ4v) is 4.04. The van der Waals surface area contributed by atoms with Gasteiger partial charge in [0, 0.05) is 4.47 Å². The zero-order valence-corrected chi connectivity index (χ0v) is 15.7. The van der Waals surface area contributed by atoms with Crippen molar-refractivity contribution in [1.29, 1.82) is 0 Å². The fourth-order valence-electron chi connectivity index (χ4n) is 2.44. The zero-order chi connectivity index (χ0) is 17.3. The molecule has 0 radical (unpaired) electrons. The van der Waals surface area contributed by atoms with Crippen LogP contribution in [0, 0.1) is 6.92 Å². The number of nitrogens with zero attached hydrogens (tertiary/aromatic N) is 3. The smallest absolute Gasteiger partial charge is 0.217 e. The molecular weight excluding hydrogens is 390 g/mol. The predicted octanol–water partition coefficient (Wildman–Crippen LogP) is 3.73. The molecule has 0 amide bonds. The normalized spacial score (nSPS) is 11.6. The number of aryl methyl sites for hydroxylation is 1. The zero-order valence-electron chi connectivity index (χ0n) is 13.3. The van der Waals surface area contributed by atoms with Gasteiger partial charge in [-0.2, -0.15) is 0 Å². The summed E-state index contributed by atoms with van der Waals surface area (Å²) in [5.74, 6) is 0. The molecule has 0 aliphatic carbocycles.